The SMILES string of the molecule is O=C(COc1ccc(Cl)c(Cl)c1)N[C@H]1CC[C@H](C(=O)NCc2nc3cc(F)c(F)cc3[nH]2)CC1. The van der Waals surface area contributed by atoms with Gasteiger partial charge in [-0.3, -0.25) is 9.59 Å². The summed E-state index contributed by atoms with van der Waals surface area (Å²) >= 11 is 11.8. The Bertz CT molecular complexity index is 1170. The molecule has 0 bridgehead atoms. The van der Waals surface area contributed by atoms with Crippen molar-refractivity contribution >= 4 is 46.0 Å². The molecular formula is C23H22Cl2F2N4O3. The number of hydrogen-bond donors (Lipinski definition) is 3. The van der Waals surface area contributed by atoms with Gasteiger partial charge >= 0.3 is 0 Å². The minimum atomic E-state index is -0.973. The van der Waals surface area contributed by atoms with Gasteiger partial charge in [0.05, 0.1) is 27.6 Å². The maximum Gasteiger partial charge on any atom is 0.258 e. The second-order valence-electron chi connectivity index (χ2n) is 8.17. The third kappa shape index (κ3) is 5.95. The Morgan fingerprint density at radius 2 is 1.79 bits per heavy atom. The number of imidazole rings is 1. The Hall–Kier alpha value is -2.91. The zero-order valence-corrected chi connectivity index (χ0v) is 19.5. The largest absolute Gasteiger partial charge is 0.484 e. The van der Waals surface area contributed by atoms with E-state index < -0.39 is 11.6 Å². The van der Waals surface area contributed by atoms with Crippen molar-refractivity contribution in [2.45, 2.75) is 38.3 Å². The van der Waals surface area contributed by atoms with Crippen molar-refractivity contribution in [1.82, 2.24) is 20.6 Å². The van der Waals surface area contributed by atoms with Crippen LogP contribution < -0.4 is 15.4 Å². The predicted molar refractivity (Wildman–Crippen MR) is 124 cm³/mol. The molecule has 0 aliphatic heterocycles. The molecule has 1 saturated carbocycles. The van der Waals surface area contributed by atoms with E-state index in [-0.39, 0.29) is 36.9 Å². The van der Waals surface area contributed by atoms with E-state index in [4.69, 9.17) is 27.9 Å². The highest BCUT2D eigenvalue weighted by molar-refractivity contribution is 6.42. The number of rotatable bonds is 7. The first-order valence-corrected chi connectivity index (χ1v) is 11.5. The summed E-state index contributed by atoms with van der Waals surface area (Å²) in [5, 5.41) is 6.49. The number of amides is 2. The normalized spacial score (nSPS) is 18.0. The Morgan fingerprint density at radius 3 is 2.53 bits per heavy atom. The molecule has 1 heterocycles. The second-order valence-corrected chi connectivity index (χ2v) is 8.98. The van der Waals surface area contributed by atoms with E-state index in [0.717, 1.165) is 12.1 Å². The van der Waals surface area contributed by atoms with E-state index in [2.05, 4.69) is 20.6 Å². The summed E-state index contributed by atoms with van der Waals surface area (Å²) in [7, 11) is 0. The number of H-pyrrole nitrogens is 1. The van der Waals surface area contributed by atoms with E-state index in [1.165, 1.54) is 0 Å². The van der Waals surface area contributed by atoms with Crippen molar-refractivity contribution in [2.24, 2.45) is 5.92 Å². The third-order valence-corrected chi connectivity index (χ3v) is 6.47. The van der Waals surface area contributed by atoms with Crippen LogP contribution in [0.25, 0.3) is 11.0 Å². The highest BCUT2D eigenvalue weighted by Gasteiger charge is 2.27. The second kappa shape index (κ2) is 10.6. The minimum absolute atomic E-state index is 0.0332. The highest BCUT2D eigenvalue weighted by Crippen LogP contribution is 2.27. The molecule has 34 heavy (non-hydrogen) atoms. The van der Waals surface area contributed by atoms with Gasteiger partial charge in [-0.15, -0.1) is 0 Å². The van der Waals surface area contributed by atoms with Crippen molar-refractivity contribution in [3.05, 3.63) is 57.8 Å². The molecule has 3 N–H and O–H groups in total. The lowest BCUT2D eigenvalue weighted by molar-refractivity contribution is -0.126. The Kier molecular flexibility index (Phi) is 7.53. The molecule has 0 radical (unpaired) electrons. The van der Waals surface area contributed by atoms with Gasteiger partial charge in [0.15, 0.2) is 18.2 Å². The monoisotopic (exact) mass is 510 g/mol. The number of aromatic amines is 1. The van der Waals surface area contributed by atoms with Gasteiger partial charge in [-0.05, 0) is 37.8 Å². The number of nitrogens with zero attached hydrogens (tertiary/aromatic N) is 1. The lowest BCUT2D eigenvalue weighted by Crippen LogP contribution is -2.42. The van der Waals surface area contributed by atoms with Crippen LogP contribution in [0, 0.1) is 17.6 Å². The molecule has 0 atom stereocenters. The van der Waals surface area contributed by atoms with Crippen LogP contribution in [0.3, 0.4) is 0 Å². The van der Waals surface area contributed by atoms with Gasteiger partial charge in [0.1, 0.15) is 11.6 Å². The fourth-order valence-corrected chi connectivity index (χ4v) is 4.23. The zero-order chi connectivity index (χ0) is 24.2. The number of halogens is 4. The number of carbonyl (C=O) groups excluding carboxylic acids is 2. The number of ether oxygens (including phenoxy) is 1. The Morgan fingerprint density at radius 1 is 1.06 bits per heavy atom. The summed E-state index contributed by atoms with van der Waals surface area (Å²) in [6, 6.07) is 6.79. The lowest BCUT2D eigenvalue weighted by atomic mass is 9.85. The summed E-state index contributed by atoms with van der Waals surface area (Å²) < 4.78 is 32.1. The number of nitrogens with one attached hydrogen (secondary N) is 3. The average molecular weight is 511 g/mol. The number of benzene rings is 2. The first-order chi connectivity index (χ1) is 16.3. The molecule has 0 saturated heterocycles. The smallest absolute Gasteiger partial charge is 0.258 e. The molecule has 0 unspecified atom stereocenters. The fraction of sp³-hybridized carbons (Fsp3) is 0.348. The summed E-state index contributed by atoms with van der Waals surface area (Å²) in [6.07, 6.45) is 2.58. The van der Waals surface area contributed by atoms with Gasteiger partial charge in [-0.1, -0.05) is 23.2 Å². The van der Waals surface area contributed by atoms with Crippen molar-refractivity contribution in [3.8, 4) is 5.75 Å². The van der Waals surface area contributed by atoms with Crippen molar-refractivity contribution in [2.75, 3.05) is 6.61 Å². The summed E-state index contributed by atoms with van der Waals surface area (Å²) in [4.78, 5) is 31.8. The maximum atomic E-state index is 13.3. The third-order valence-electron chi connectivity index (χ3n) is 5.73. The van der Waals surface area contributed by atoms with Crippen LogP contribution in [0.4, 0.5) is 8.78 Å². The van der Waals surface area contributed by atoms with E-state index in [9.17, 15) is 18.4 Å². The number of hydrogen-bond acceptors (Lipinski definition) is 4. The quantitative estimate of drug-likeness (QED) is 0.435. The molecule has 7 nitrogen and oxygen atoms in total. The van der Waals surface area contributed by atoms with Crippen LogP contribution in [-0.2, 0) is 16.1 Å². The summed E-state index contributed by atoms with van der Waals surface area (Å²) in [5.41, 5.74) is 0.657. The zero-order valence-electron chi connectivity index (χ0n) is 18.0. The Labute approximate surface area is 204 Å². The van der Waals surface area contributed by atoms with Gasteiger partial charge in [-0.25, -0.2) is 13.8 Å². The maximum absolute atomic E-state index is 13.3. The van der Waals surface area contributed by atoms with Gasteiger partial charge < -0.3 is 20.4 Å². The number of fused-ring (bicyclic) bond motifs is 1. The molecule has 1 aromatic heterocycles. The molecule has 2 amide bonds. The van der Waals surface area contributed by atoms with Crippen molar-refractivity contribution < 1.29 is 23.1 Å². The van der Waals surface area contributed by atoms with Crippen molar-refractivity contribution in [1.29, 1.82) is 0 Å². The van der Waals surface area contributed by atoms with E-state index in [0.29, 0.717) is 58.3 Å². The van der Waals surface area contributed by atoms with E-state index >= 15 is 0 Å². The molecule has 2 aromatic carbocycles. The molecule has 11 heteroatoms. The van der Waals surface area contributed by atoms with E-state index in [1.807, 2.05) is 0 Å². The molecule has 0 spiro atoms. The first kappa shape index (κ1) is 24.2. The van der Waals surface area contributed by atoms with Crippen LogP contribution in [-0.4, -0.2) is 34.4 Å². The lowest BCUT2D eigenvalue weighted by Gasteiger charge is -2.28. The minimum Gasteiger partial charge on any atom is -0.484 e. The fourth-order valence-electron chi connectivity index (χ4n) is 3.94. The van der Waals surface area contributed by atoms with Crippen LogP contribution in [0.1, 0.15) is 31.5 Å². The molecule has 180 valence electrons. The predicted octanol–water partition coefficient (Wildman–Crippen LogP) is 4.52. The average Bonchev–Trinajstić information content (AvgIpc) is 3.20. The Balaban J connectivity index is 1.19. The molecule has 3 aromatic rings. The van der Waals surface area contributed by atoms with Crippen LogP contribution in [0.2, 0.25) is 10.0 Å². The highest BCUT2D eigenvalue weighted by atomic mass is 35.5. The van der Waals surface area contributed by atoms with Gasteiger partial charge in [0.25, 0.3) is 5.91 Å². The first-order valence-electron chi connectivity index (χ1n) is 10.8. The van der Waals surface area contributed by atoms with Crippen LogP contribution in [0.5, 0.6) is 5.75 Å². The molecular weight excluding hydrogens is 489 g/mol. The molecule has 1 aliphatic rings. The van der Waals surface area contributed by atoms with E-state index in [1.54, 1.807) is 18.2 Å². The van der Waals surface area contributed by atoms with Crippen LogP contribution in [0.15, 0.2) is 30.3 Å². The molecule has 1 fully saturated rings. The standard InChI is InChI=1S/C23H22Cl2F2N4O3/c24-15-6-5-14(7-16(15)25)34-11-22(32)29-13-3-1-12(2-4-13)23(33)28-10-21-30-19-8-17(26)18(27)9-20(19)31-21/h5-9,12-13H,1-4,10-11H2,(H,28,33)(H,29,32)(H,30,31)/t12-,13-. The van der Waals surface area contributed by atoms with Gasteiger partial charge in [0, 0.05) is 30.2 Å². The van der Waals surface area contributed by atoms with Crippen LogP contribution >= 0.6 is 23.2 Å². The molecule has 1 aliphatic carbocycles. The molecule has 4 rings (SSSR count). The van der Waals surface area contributed by atoms with Gasteiger partial charge in [0.2, 0.25) is 5.91 Å². The summed E-state index contributed by atoms with van der Waals surface area (Å²) in [5.74, 6) is -1.63. The van der Waals surface area contributed by atoms with Gasteiger partial charge in [-0.2, -0.15) is 0 Å². The topological polar surface area (TPSA) is 96.1 Å². The summed E-state index contributed by atoms with van der Waals surface area (Å²) in [6.45, 7) is -0.0247. The van der Waals surface area contributed by atoms with Crippen molar-refractivity contribution in [3.63, 3.8) is 0 Å². The number of aromatic nitrogens is 2. The number of carbonyl (C=O) groups is 2.